The number of nitro groups is 2. The third-order valence-electron chi connectivity index (χ3n) is 3.74. The lowest BCUT2D eigenvalue weighted by atomic mass is 10.2. The average Bonchev–Trinajstić information content (AvgIpc) is 3.15. The summed E-state index contributed by atoms with van der Waals surface area (Å²) in [6.45, 7) is 0.00278. The minimum absolute atomic E-state index is 0.0306. The number of nitro benzene ring substituents is 2. The lowest BCUT2D eigenvalue weighted by Crippen LogP contribution is -2.23. The summed E-state index contributed by atoms with van der Waals surface area (Å²) >= 11 is 0. The normalized spacial score (nSPS) is 11.8. The number of nitrogens with zero attached hydrogens (tertiary/aromatic N) is 5. The first-order chi connectivity index (χ1) is 13.4. The van der Waals surface area contributed by atoms with Gasteiger partial charge in [-0.2, -0.15) is 5.10 Å². The number of aromatic nitrogens is 3. The first-order valence-corrected chi connectivity index (χ1v) is 8.12. The van der Waals surface area contributed by atoms with Crippen LogP contribution in [-0.4, -0.2) is 42.4 Å². The molecule has 0 aliphatic carbocycles. The third-order valence-corrected chi connectivity index (χ3v) is 3.74. The minimum Gasteiger partial charge on any atom is -0.491 e. The van der Waals surface area contributed by atoms with Gasteiger partial charge in [-0.05, 0) is 18.2 Å². The second-order valence-electron chi connectivity index (χ2n) is 5.81. The van der Waals surface area contributed by atoms with E-state index in [0.717, 1.165) is 0 Å². The highest BCUT2D eigenvalue weighted by atomic mass is 16.6. The van der Waals surface area contributed by atoms with Gasteiger partial charge in [0.15, 0.2) is 5.82 Å². The van der Waals surface area contributed by atoms with Gasteiger partial charge in [0.25, 0.3) is 11.4 Å². The zero-order valence-corrected chi connectivity index (χ0v) is 14.4. The summed E-state index contributed by atoms with van der Waals surface area (Å²) in [5.41, 5.74) is 0.472. The second kappa shape index (κ2) is 8.22. The largest absolute Gasteiger partial charge is 0.491 e. The summed E-state index contributed by atoms with van der Waals surface area (Å²) in [6.07, 6.45) is 0.499. The molecule has 0 aliphatic rings. The molecule has 1 unspecified atom stereocenters. The Morgan fingerprint density at radius 3 is 2.46 bits per heavy atom. The molecular formula is C17H15N5O6. The van der Waals surface area contributed by atoms with Crippen molar-refractivity contribution >= 4 is 11.4 Å². The highest BCUT2D eigenvalue weighted by molar-refractivity contribution is 5.56. The van der Waals surface area contributed by atoms with Gasteiger partial charge >= 0.3 is 0 Å². The predicted octanol–water partition coefficient (Wildman–Crippen LogP) is 2.20. The second-order valence-corrected chi connectivity index (χ2v) is 5.81. The lowest BCUT2D eigenvalue weighted by Gasteiger charge is -2.12. The molecule has 2 aromatic carbocycles. The maximum absolute atomic E-state index is 10.8. The number of aliphatic hydroxyl groups excluding tert-OH is 1. The van der Waals surface area contributed by atoms with Gasteiger partial charge in [-0.15, -0.1) is 0 Å². The number of hydrogen-bond donors (Lipinski definition) is 1. The topological polar surface area (TPSA) is 146 Å². The first-order valence-electron chi connectivity index (χ1n) is 8.12. The van der Waals surface area contributed by atoms with Crippen LogP contribution in [0.25, 0.3) is 11.4 Å². The van der Waals surface area contributed by atoms with E-state index < -0.39 is 16.0 Å². The van der Waals surface area contributed by atoms with Crippen LogP contribution in [0.15, 0.2) is 54.9 Å². The van der Waals surface area contributed by atoms with E-state index >= 15 is 0 Å². The first kappa shape index (κ1) is 18.9. The number of ether oxygens (including phenoxy) is 1. The van der Waals surface area contributed by atoms with E-state index in [1.54, 1.807) is 18.2 Å². The van der Waals surface area contributed by atoms with Crippen molar-refractivity contribution < 1.29 is 19.7 Å². The fourth-order valence-electron chi connectivity index (χ4n) is 2.40. The molecule has 0 spiro atoms. The molecule has 3 rings (SSSR count). The molecule has 1 N–H and O–H groups in total. The van der Waals surface area contributed by atoms with E-state index in [-0.39, 0.29) is 30.3 Å². The van der Waals surface area contributed by atoms with Crippen LogP contribution in [0, 0.1) is 20.2 Å². The van der Waals surface area contributed by atoms with Crippen LogP contribution >= 0.6 is 0 Å². The van der Waals surface area contributed by atoms with Gasteiger partial charge in [0.1, 0.15) is 24.8 Å². The third kappa shape index (κ3) is 4.65. The lowest BCUT2D eigenvalue weighted by molar-refractivity contribution is -0.385. The number of aliphatic hydroxyl groups is 1. The summed E-state index contributed by atoms with van der Waals surface area (Å²) < 4.78 is 6.79. The molecule has 1 atom stereocenters. The molecule has 1 aromatic heterocycles. The highest BCUT2D eigenvalue weighted by Gasteiger charge is 2.12. The quantitative estimate of drug-likeness (QED) is 0.458. The van der Waals surface area contributed by atoms with Gasteiger partial charge < -0.3 is 9.84 Å². The van der Waals surface area contributed by atoms with Gasteiger partial charge in [0, 0.05) is 23.8 Å². The molecule has 144 valence electrons. The van der Waals surface area contributed by atoms with Crippen LogP contribution in [-0.2, 0) is 6.54 Å². The Morgan fingerprint density at radius 2 is 1.79 bits per heavy atom. The average molecular weight is 385 g/mol. The Hall–Kier alpha value is -3.86. The van der Waals surface area contributed by atoms with Crippen molar-refractivity contribution in [1.29, 1.82) is 0 Å². The van der Waals surface area contributed by atoms with Gasteiger partial charge in [-0.1, -0.05) is 6.07 Å². The van der Waals surface area contributed by atoms with E-state index in [1.807, 2.05) is 0 Å². The van der Waals surface area contributed by atoms with E-state index in [2.05, 4.69) is 10.1 Å². The van der Waals surface area contributed by atoms with Gasteiger partial charge in [-0.25, -0.2) is 9.67 Å². The predicted molar refractivity (Wildman–Crippen MR) is 96.7 cm³/mol. The Bertz CT molecular complexity index is 988. The summed E-state index contributed by atoms with van der Waals surface area (Å²) in [5, 5.41) is 35.8. The number of rotatable bonds is 8. The standard InChI is InChI=1S/C17H15N5O6/c23-15(10-28-16-3-1-2-14(8-16)22(26)27)9-20-11-18-17(19-20)12-4-6-13(7-5-12)21(24)25/h1-8,11,15,23H,9-10H2. The molecule has 3 aromatic rings. The van der Waals surface area contributed by atoms with Crippen molar-refractivity contribution in [2.24, 2.45) is 0 Å². The zero-order valence-electron chi connectivity index (χ0n) is 14.4. The Labute approximate surface area is 158 Å². The van der Waals surface area contributed by atoms with E-state index in [1.165, 1.54) is 41.3 Å². The Balaban J connectivity index is 1.58. The SMILES string of the molecule is O=[N+]([O-])c1ccc(-c2ncn(CC(O)COc3cccc([N+](=O)[O-])c3)n2)cc1. The smallest absolute Gasteiger partial charge is 0.273 e. The molecule has 11 heteroatoms. The van der Waals surface area contributed by atoms with Crippen molar-refractivity contribution in [3.63, 3.8) is 0 Å². The molecule has 1 heterocycles. The fraction of sp³-hybridized carbons (Fsp3) is 0.176. The number of hydrogen-bond acceptors (Lipinski definition) is 8. The van der Waals surface area contributed by atoms with Gasteiger partial charge in [0.05, 0.1) is 22.5 Å². The Kier molecular flexibility index (Phi) is 5.56. The van der Waals surface area contributed by atoms with Crippen molar-refractivity contribution in [1.82, 2.24) is 14.8 Å². The van der Waals surface area contributed by atoms with Crippen LogP contribution in [0.3, 0.4) is 0 Å². The molecule has 0 fully saturated rings. The molecule has 0 saturated heterocycles. The zero-order chi connectivity index (χ0) is 20.1. The molecule has 0 saturated carbocycles. The van der Waals surface area contributed by atoms with Crippen molar-refractivity contribution in [2.75, 3.05) is 6.61 Å². The fourth-order valence-corrected chi connectivity index (χ4v) is 2.40. The van der Waals surface area contributed by atoms with Crippen molar-refractivity contribution in [3.05, 3.63) is 75.1 Å². The molecule has 11 nitrogen and oxygen atoms in total. The van der Waals surface area contributed by atoms with Gasteiger partial charge in [-0.3, -0.25) is 20.2 Å². The summed E-state index contributed by atoms with van der Waals surface area (Å²) in [7, 11) is 0. The summed E-state index contributed by atoms with van der Waals surface area (Å²) in [4.78, 5) is 24.5. The summed E-state index contributed by atoms with van der Waals surface area (Å²) in [6, 6.07) is 11.5. The van der Waals surface area contributed by atoms with Crippen LogP contribution in [0.1, 0.15) is 0 Å². The van der Waals surface area contributed by atoms with Crippen molar-refractivity contribution in [3.8, 4) is 17.1 Å². The Morgan fingerprint density at radius 1 is 1.07 bits per heavy atom. The minimum atomic E-state index is -0.925. The van der Waals surface area contributed by atoms with Crippen LogP contribution in [0.4, 0.5) is 11.4 Å². The summed E-state index contributed by atoms with van der Waals surface area (Å²) in [5.74, 6) is 0.639. The van der Waals surface area contributed by atoms with Crippen LogP contribution in [0.2, 0.25) is 0 Å². The highest BCUT2D eigenvalue weighted by Crippen LogP contribution is 2.20. The molecule has 0 amide bonds. The van der Waals surface area contributed by atoms with Crippen molar-refractivity contribution in [2.45, 2.75) is 12.6 Å². The maximum Gasteiger partial charge on any atom is 0.273 e. The van der Waals surface area contributed by atoms with E-state index in [9.17, 15) is 25.3 Å². The van der Waals surface area contributed by atoms with E-state index in [4.69, 9.17) is 4.74 Å². The molecular weight excluding hydrogens is 370 g/mol. The number of non-ortho nitro benzene ring substituents is 2. The molecule has 0 aliphatic heterocycles. The number of benzene rings is 2. The monoisotopic (exact) mass is 385 g/mol. The van der Waals surface area contributed by atoms with Crippen LogP contribution in [0.5, 0.6) is 5.75 Å². The van der Waals surface area contributed by atoms with Crippen LogP contribution < -0.4 is 4.74 Å². The van der Waals surface area contributed by atoms with E-state index in [0.29, 0.717) is 11.4 Å². The molecule has 0 bridgehead atoms. The molecule has 28 heavy (non-hydrogen) atoms. The molecule has 0 radical (unpaired) electrons. The maximum atomic E-state index is 10.8. The van der Waals surface area contributed by atoms with Gasteiger partial charge in [0.2, 0.25) is 0 Å².